The number of carbonyl (C=O) groups excluding carboxylic acids is 2. The van der Waals surface area contributed by atoms with Gasteiger partial charge in [0.2, 0.25) is 0 Å². The van der Waals surface area contributed by atoms with Gasteiger partial charge in [0.15, 0.2) is 51.5 Å². The fraction of sp³-hybridized carbons (Fsp3) is 0.134. The van der Waals surface area contributed by atoms with Crippen molar-refractivity contribution < 1.29 is 19.4 Å². The van der Waals surface area contributed by atoms with Crippen molar-refractivity contribution in [2.75, 3.05) is 34.5 Å². The molecule has 26 rings (SSSR count). The molecule has 0 saturated heterocycles. The Labute approximate surface area is 872 Å². The zero-order valence-corrected chi connectivity index (χ0v) is 87.6. The molecule has 16 heterocycles. The summed E-state index contributed by atoms with van der Waals surface area (Å²) in [5.74, 6) is 3.95. The molecule has 0 unspecified atom stereocenters. The van der Waals surface area contributed by atoms with E-state index in [-0.39, 0.29) is 12.8 Å². The van der Waals surface area contributed by atoms with Crippen LogP contribution in [0.25, 0.3) is 154 Å². The monoisotopic (exact) mass is 2030 g/mol. The van der Waals surface area contributed by atoms with E-state index in [2.05, 4.69) is 298 Å². The first-order chi connectivity index (χ1) is 71.9. The number of para-hydroxylation sites is 1. The maximum Gasteiger partial charge on any atom is 0.373 e. The SMILES string of the molecule is Cc1cc2cc(-c3cnc4ccc(-c5ccc6[nH]ccc6c5)nn34)sc2cc1C.Cc1cc2cc(-c3cnc4ccc(Nc5ccc(OCCCO)c(C)c5)nn34)sc2cc1C.Cc1cc2cc(-c3cnc4ccc(Nc5ccccc5)nn34)sc2cc1C.Cc1ccc(Nc2ccc3ncc(-c4cc5cccc(C)c5s4)n3n2)cc1C.Cc1ccc2cc(-c3cnc4ccc(Nc5ccc(C)c(C)c5)nn34)sc2c1.O=C=O. The topological polar surface area (TPSA) is 278 Å². The number of fused-ring (bicyclic) bond motifs is 11. The molecular weight excluding hydrogens is 1930 g/mol. The van der Waals surface area contributed by atoms with Crippen molar-refractivity contribution in [3.8, 4) is 69.9 Å². The van der Waals surface area contributed by atoms with Gasteiger partial charge in [-0.15, -0.1) is 77.1 Å². The van der Waals surface area contributed by atoms with Crippen LogP contribution in [-0.2, 0) is 9.59 Å². The van der Waals surface area contributed by atoms with E-state index in [4.69, 9.17) is 44.9 Å². The van der Waals surface area contributed by atoms with Crippen LogP contribution >= 0.6 is 56.7 Å². The number of aliphatic hydroxyl groups excluding tert-OH is 1. The molecule has 148 heavy (non-hydrogen) atoms. The number of hydrogen-bond acceptors (Lipinski definition) is 23. The molecule has 0 aliphatic rings. The second-order valence-electron chi connectivity index (χ2n) is 36.9. The van der Waals surface area contributed by atoms with Crippen molar-refractivity contribution in [2.45, 2.75) is 96.4 Å². The summed E-state index contributed by atoms with van der Waals surface area (Å²) < 4.78 is 21.8. The Kier molecular flexibility index (Phi) is 27.5. The third-order valence-corrected chi connectivity index (χ3v) is 32.1. The van der Waals surface area contributed by atoms with Crippen molar-refractivity contribution in [1.29, 1.82) is 0 Å². The van der Waals surface area contributed by atoms with Gasteiger partial charge in [0, 0.05) is 81.9 Å². The summed E-state index contributed by atoms with van der Waals surface area (Å²) in [4.78, 5) is 48.1. The highest BCUT2D eigenvalue weighted by Crippen LogP contribution is 2.43. The van der Waals surface area contributed by atoms with Crippen LogP contribution in [0.1, 0.15) is 78.7 Å². The highest BCUT2D eigenvalue weighted by atomic mass is 32.1. The smallest absolute Gasteiger partial charge is 0.373 e. The summed E-state index contributed by atoms with van der Waals surface area (Å²) in [6, 6.07) is 94.7. The molecule has 0 bridgehead atoms. The Hall–Kier alpha value is -17.0. The summed E-state index contributed by atoms with van der Waals surface area (Å²) in [6.45, 7) is 28.3. The average molecular weight is 2040 g/mol. The number of aliphatic hydroxyl groups is 1. The normalized spacial score (nSPS) is 11.3. The Bertz CT molecular complexity index is 9420. The van der Waals surface area contributed by atoms with E-state index < -0.39 is 0 Å². The fourth-order valence-electron chi connectivity index (χ4n) is 17.6. The number of aryl methyl sites for hydroxylation is 13. The molecule has 29 heteroatoms. The lowest BCUT2D eigenvalue weighted by Crippen LogP contribution is -2.02. The van der Waals surface area contributed by atoms with E-state index in [0.29, 0.717) is 13.0 Å². The van der Waals surface area contributed by atoms with Gasteiger partial charge in [-0.3, -0.25) is 0 Å². The van der Waals surface area contributed by atoms with Crippen LogP contribution in [0, 0.1) is 90.0 Å². The largest absolute Gasteiger partial charge is 0.493 e. The van der Waals surface area contributed by atoms with Gasteiger partial charge >= 0.3 is 6.15 Å². The molecule has 0 amide bonds. The summed E-state index contributed by atoms with van der Waals surface area (Å²) in [5, 5.41) is 54.1. The number of imidazole rings is 5. The molecule has 26 aromatic rings. The number of aromatic amines is 1. The van der Waals surface area contributed by atoms with Crippen molar-refractivity contribution in [3.63, 3.8) is 0 Å². The van der Waals surface area contributed by atoms with Gasteiger partial charge in [0.1, 0.15) is 34.2 Å². The number of thiophene rings is 5. The first-order valence-electron chi connectivity index (χ1n) is 48.4. The molecule has 0 aliphatic heterocycles. The number of nitrogens with one attached hydrogen (secondary N) is 5. The molecule has 732 valence electrons. The molecule has 0 fully saturated rings. The van der Waals surface area contributed by atoms with Crippen LogP contribution in [0.3, 0.4) is 0 Å². The standard InChI is InChI=1S/C26H26N4O2S.C24H18N4S.2C23H20N4S.C22H18N4S.CO2/c1-16-11-19-14-24(33-23(19)13-17(16)2)21-15-27-26-8-7-25(29-30(21)26)28-20-5-6-22(18(3)12-20)32-10-4-9-31;1-14-9-18-12-23(29-22(18)10-15(14)2)21-13-26-24-6-5-20(27-28(21)24)16-3-4-19-17(11-16)7-8-25-19;1-14-4-6-17-12-21(28-20(17)10-14)19-13-24-23-9-8-22(26-27(19)23)25-18-7-5-15(2)16(3)11-18;1-14-7-8-18(11-16(14)3)25-21-9-10-22-24-13-19(27(22)26-21)20-12-17-6-4-5-15(2)23(17)28-20;1-14-10-16-12-20(27-19(16)11-15(14)2)18-13-23-22-9-8-21(25-26(18)22)24-17-6-4-3-5-7-17;2-1-3/h5-8,11-15,31H,4,9-10H2,1-3H3,(H,28,29);3-13,25H,1-2H3;2*4-13H,1-3H3,(H,25,26);3-13H,1-2H3,(H,24,25);. The van der Waals surface area contributed by atoms with Gasteiger partial charge in [0.25, 0.3) is 0 Å². The number of hydrogen-bond donors (Lipinski definition) is 6. The number of aromatic nitrogens is 16. The summed E-state index contributed by atoms with van der Waals surface area (Å²) in [7, 11) is 0. The second-order valence-corrected chi connectivity index (χ2v) is 42.3. The number of nitrogens with zero attached hydrogens (tertiary/aromatic N) is 15. The van der Waals surface area contributed by atoms with Gasteiger partial charge in [-0.05, 0) is 377 Å². The van der Waals surface area contributed by atoms with Gasteiger partial charge in [0.05, 0.1) is 67.7 Å². The molecule has 0 radical (unpaired) electrons. The summed E-state index contributed by atoms with van der Waals surface area (Å²) >= 11 is 8.90. The molecule has 0 atom stereocenters. The van der Waals surface area contributed by atoms with E-state index in [1.165, 1.54) is 142 Å². The third kappa shape index (κ3) is 20.8. The number of rotatable bonds is 18. The Balaban J connectivity index is 0.000000108. The van der Waals surface area contributed by atoms with Crippen molar-refractivity contribution in [3.05, 3.63) is 382 Å². The number of benzene rings is 10. The number of ether oxygens (including phenoxy) is 1. The fourth-order valence-corrected chi connectivity index (χ4v) is 23.3. The zero-order valence-electron chi connectivity index (χ0n) is 83.5. The van der Waals surface area contributed by atoms with Crippen LogP contribution in [0.2, 0.25) is 0 Å². The quantitative estimate of drug-likeness (QED) is 0.0436. The van der Waals surface area contributed by atoms with Crippen molar-refractivity contribution >= 4 is 198 Å². The lowest BCUT2D eigenvalue weighted by Gasteiger charge is -2.11. The minimum Gasteiger partial charge on any atom is -0.493 e. The maximum absolute atomic E-state index is 8.93. The van der Waals surface area contributed by atoms with Crippen LogP contribution in [0.5, 0.6) is 5.75 Å². The molecule has 6 N–H and O–H groups in total. The summed E-state index contributed by atoms with van der Waals surface area (Å²) in [6.07, 6.45) is 12.4. The number of anilines is 8. The minimum atomic E-state index is 0.129. The lowest BCUT2D eigenvalue weighted by atomic mass is 10.1. The second kappa shape index (κ2) is 42.0. The Morgan fingerprint density at radius 2 is 0.703 bits per heavy atom. The molecule has 10 aromatic carbocycles. The highest BCUT2D eigenvalue weighted by molar-refractivity contribution is 7.23. The number of H-pyrrole nitrogens is 1. The van der Waals surface area contributed by atoms with Gasteiger partial charge in [-0.1, -0.05) is 84.9 Å². The first kappa shape index (κ1) is 97.1. The van der Waals surface area contributed by atoms with Crippen molar-refractivity contribution in [1.82, 2.24) is 78.0 Å². The maximum atomic E-state index is 8.93. The minimum absolute atomic E-state index is 0.129. The van der Waals surface area contributed by atoms with Crippen molar-refractivity contribution in [2.24, 2.45) is 0 Å². The van der Waals surface area contributed by atoms with Crippen LogP contribution < -0.4 is 26.0 Å². The molecule has 0 aliphatic carbocycles. The predicted octanol–water partition coefficient (Wildman–Crippen LogP) is 30.4. The highest BCUT2D eigenvalue weighted by Gasteiger charge is 2.21. The van der Waals surface area contributed by atoms with Crippen LogP contribution in [0.4, 0.5) is 46.0 Å². The summed E-state index contributed by atoms with van der Waals surface area (Å²) in [5.41, 5.74) is 33.0. The van der Waals surface area contributed by atoms with Crippen LogP contribution in [0.15, 0.2) is 310 Å². The lowest BCUT2D eigenvalue weighted by molar-refractivity contribution is -0.191. The molecule has 16 aromatic heterocycles. The third-order valence-electron chi connectivity index (χ3n) is 26.3. The first-order valence-corrected chi connectivity index (χ1v) is 52.5. The molecule has 0 spiro atoms. The molecule has 24 nitrogen and oxygen atoms in total. The van der Waals surface area contributed by atoms with E-state index in [1.807, 2.05) is 176 Å². The zero-order chi connectivity index (χ0) is 102. The van der Waals surface area contributed by atoms with E-state index >= 15 is 0 Å². The van der Waals surface area contributed by atoms with E-state index in [1.54, 1.807) is 56.7 Å². The van der Waals surface area contributed by atoms with Gasteiger partial charge in [-0.25, -0.2) is 47.5 Å². The van der Waals surface area contributed by atoms with Crippen LogP contribution in [-0.4, -0.2) is 102 Å². The van der Waals surface area contributed by atoms with Gasteiger partial charge < -0.3 is 36.1 Å². The Morgan fingerprint density at radius 3 is 1.14 bits per heavy atom. The molecular formula is C119H102N20O4S5. The Morgan fingerprint density at radius 1 is 0.311 bits per heavy atom. The van der Waals surface area contributed by atoms with E-state index in [9.17, 15) is 0 Å². The molecule has 0 saturated carbocycles. The van der Waals surface area contributed by atoms with E-state index in [0.717, 1.165) is 136 Å². The van der Waals surface area contributed by atoms with Gasteiger partial charge in [-0.2, -0.15) is 14.7 Å². The average Bonchev–Trinajstić information content (AvgIpc) is 1.64. The predicted molar refractivity (Wildman–Crippen MR) is 609 cm³/mol.